The van der Waals surface area contributed by atoms with Crippen LogP contribution in [0.25, 0.3) is 22.3 Å². The number of likely N-dealkylation sites (tertiary alicyclic amines) is 1. The molecule has 0 saturated carbocycles. The highest BCUT2D eigenvalue weighted by atomic mass is 19.4. The molecular weight excluding hydrogens is 481 g/mol. The van der Waals surface area contributed by atoms with Gasteiger partial charge in [-0.15, -0.1) is 0 Å². The number of aromatic nitrogens is 3. The van der Waals surface area contributed by atoms with Crippen molar-refractivity contribution in [3.05, 3.63) is 42.4 Å². The van der Waals surface area contributed by atoms with Crippen molar-refractivity contribution in [3.8, 4) is 17.0 Å². The summed E-state index contributed by atoms with van der Waals surface area (Å²) in [6.07, 6.45) is -1.46. The molecule has 0 spiro atoms. The smallest absolute Gasteiger partial charge is 0.490 e. The summed E-state index contributed by atoms with van der Waals surface area (Å²) >= 11 is 0. The number of aliphatic carboxylic acids is 1. The molecule has 9 nitrogen and oxygen atoms in total. The number of rotatable bonds is 5. The average molecular weight is 508 g/mol. The van der Waals surface area contributed by atoms with Crippen molar-refractivity contribution in [1.29, 1.82) is 0 Å². The van der Waals surface area contributed by atoms with Gasteiger partial charge in [-0.2, -0.15) is 13.2 Å². The zero-order valence-corrected chi connectivity index (χ0v) is 20.1. The number of carbonyl (C=O) groups excluding carboxylic acids is 1. The molecule has 1 saturated heterocycles. The Balaban J connectivity index is 0.000000454. The SMILES string of the molecule is COCC(=O)N1CCC(c2cc3c(ncn3C)c(-c3ccc(OC)cc3)n2)CC1.O=C(O)C(F)(F)F. The summed E-state index contributed by atoms with van der Waals surface area (Å²) in [5.41, 5.74) is 4.93. The van der Waals surface area contributed by atoms with E-state index in [-0.39, 0.29) is 12.5 Å². The van der Waals surface area contributed by atoms with Crippen LogP contribution in [0.5, 0.6) is 5.75 Å². The lowest BCUT2D eigenvalue weighted by Crippen LogP contribution is -2.39. The van der Waals surface area contributed by atoms with E-state index in [1.54, 1.807) is 14.2 Å². The maximum atomic E-state index is 12.1. The molecule has 194 valence electrons. The van der Waals surface area contributed by atoms with E-state index in [0.717, 1.165) is 59.7 Å². The zero-order chi connectivity index (χ0) is 26.5. The van der Waals surface area contributed by atoms with Crippen LogP contribution in [0.2, 0.25) is 0 Å². The third kappa shape index (κ3) is 6.30. The summed E-state index contributed by atoms with van der Waals surface area (Å²) in [6, 6.07) is 10.1. The third-order valence-electron chi connectivity index (χ3n) is 5.87. The molecule has 1 amide bonds. The minimum Gasteiger partial charge on any atom is -0.497 e. The number of pyridine rings is 1. The first-order valence-electron chi connectivity index (χ1n) is 11.1. The van der Waals surface area contributed by atoms with Crippen LogP contribution in [0.1, 0.15) is 24.5 Å². The zero-order valence-electron chi connectivity index (χ0n) is 20.1. The Hall–Kier alpha value is -3.67. The molecule has 0 unspecified atom stereocenters. The fourth-order valence-electron chi connectivity index (χ4n) is 3.95. The second-order valence-corrected chi connectivity index (χ2v) is 8.24. The van der Waals surface area contributed by atoms with E-state index in [4.69, 9.17) is 24.4 Å². The lowest BCUT2D eigenvalue weighted by Gasteiger charge is -2.31. The molecule has 1 fully saturated rings. The number of methoxy groups -OCH3 is 2. The molecule has 3 heterocycles. The number of ether oxygens (including phenoxy) is 2. The minimum atomic E-state index is -5.08. The third-order valence-corrected chi connectivity index (χ3v) is 5.87. The van der Waals surface area contributed by atoms with Gasteiger partial charge < -0.3 is 24.0 Å². The summed E-state index contributed by atoms with van der Waals surface area (Å²) in [5, 5.41) is 7.12. The number of alkyl halides is 3. The van der Waals surface area contributed by atoms with Crippen molar-refractivity contribution in [1.82, 2.24) is 19.4 Å². The van der Waals surface area contributed by atoms with Gasteiger partial charge >= 0.3 is 12.1 Å². The Labute approximate surface area is 205 Å². The van der Waals surface area contributed by atoms with Gasteiger partial charge in [-0.1, -0.05) is 0 Å². The van der Waals surface area contributed by atoms with Crippen molar-refractivity contribution in [2.75, 3.05) is 33.9 Å². The molecule has 4 rings (SSSR count). The predicted molar refractivity (Wildman–Crippen MR) is 125 cm³/mol. The fraction of sp³-hybridized carbons (Fsp3) is 0.417. The summed E-state index contributed by atoms with van der Waals surface area (Å²) in [6.45, 7) is 1.61. The van der Waals surface area contributed by atoms with Gasteiger partial charge in [-0.05, 0) is 43.2 Å². The molecule has 3 aromatic rings. The van der Waals surface area contributed by atoms with E-state index in [1.807, 2.05) is 47.1 Å². The summed E-state index contributed by atoms with van der Waals surface area (Å²) < 4.78 is 44.0. The normalized spacial score (nSPS) is 14.3. The first kappa shape index (κ1) is 26.9. The number of halogens is 3. The van der Waals surface area contributed by atoms with Crippen LogP contribution < -0.4 is 4.74 Å². The molecule has 36 heavy (non-hydrogen) atoms. The van der Waals surface area contributed by atoms with Crippen molar-refractivity contribution in [3.63, 3.8) is 0 Å². The Morgan fingerprint density at radius 2 is 1.75 bits per heavy atom. The summed E-state index contributed by atoms with van der Waals surface area (Å²) in [5.74, 6) is -1.57. The minimum absolute atomic E-state index is 0.0555. The highest BCUT2D eigenvalue weighted by Gasteiger charge is 2.38. The van der Waals surface area contributed by atoms with Gasteiger partial charge in [0, 0.05) is 44.4 Å². The lowest BCUT2D eigenvalue weighted by molar-refractivity contribution is -0.192. The van der Waals surface area contributed by atoms with Gasteiger partial charge in [0.25, 0.3) is 0 Å². The molecule has 0 atom stereocenters. The lowest BCUT2D eigenvalue weighted by atomic mass is 9.92. The molecule has 1 aliphatic heterocycles. The Bertz CT molecular complexity index is 1200. The van der Waals surface area contributed by atoms with E-state index >= 15 is 0 Å². The number of carboxylic acids is 1. The first-order chi connectivity index (χ1) is 17.0. The first-order valence-corrected chi connectivity index (χ1v) is 11.1. The number of imidazole rings is 1. The van der Waals surface area contributed by atoms with Gasteiger partial charge in [-0.25, -0.2) is 9.78 Å². The summed E-state index contributed by atoms with van der Waals surface area (Å²) in [7, 11) is 5.22. The molecule has 0 aliphatic carbocycles. The molecule has 1 aromatic carbocycles. The van der Waals surface area contributed by atoms with Crippen molar-refractivity contribution >= 4 is 22.9 Å². The number of piperidine rings is 1. The van der Waals surface area contributed by atoms with Crippen molar-refractivity contribution in [2.24, 2.45) is 7.05 Å². The van der Waals surface area contributed by atoms with Crippen LogP contribution in [0.15, 0.2) is 36.7 Å². The molecule has 1 N–H and O–H groups in total. The van der Waals surface area contributed by atoms with Gasteiger partial charge in [0.05, 0.1) is 24.6 Å². The molecule has 1 aliphatic rings. The fourth-order valence-corrected chi connectivity index (χ4v) is 3.95. The molecule has 12 heteroatoms. The standard InChI is InChI=1S/C22H26N4O3.C2HF3O2/c1-25-14-23-22-19(25)12-18(15-8-10-26(11-9-15)20(27)13-28-2)24-21(22)16-4-6-17(29-3)7-5-16;3-2(4,5)1(6)7/h4-7,12,14-15H,8-11,13H2,1-3H3;(H,6,7). The second kappa shape index (κ2) is 11.4. The monoisotopic (exact) mass is 508 g/mol. The van der Waals surface area contributed by atoms with Gasteiger partial charge in [-0.3, -0.25) is 9.78 Å². The maximum Gasteiger partial charge on any atom is 0.490 e. The van der Waals surface area contributed by atoms with Crippen molar-refractivity contribution < 1.29 is 37.3 Å². The quantitative estimate of drug-likeness (QED) is 0.561. The van der Waals surface area contributed by atoms with Crippen LogP contribution >= 0.6 is 0 Å². The Morgan fingerprint density at radius 1 is 1.14 bits per heavy atom. The number of nitrogens with zero attached hydrogens (tertiary/aromatic N) is 4. The van der Waals surface area contributed by atoms with E-state index in [0.29, 0.717) is 5.92 Å². The maximum absolute atomic E-state index is 12.1. The Kier molecular flexibility index (Phi) is 8.51. The Morgan fingerprint density at radius 3 is 2.28 bits per heavy atom. The van der Waals surface area contributed by atoms with Gasteiger partial charge in [0.2, 0.25) is 5.91 Å². The van der Waals surface area contributed by atoms with E-state index in [9.17, 15) is 18.0 Å². The summed E-state index contributed by atoms with van der Waals surface area (Å²) in [4.78, 5) is 32.5. The highest BCUT2D eigenvalue weighted by molar-refractivity contribution is 5.90. The average Bonchev–Trinajstić information content (AvgIpc) is 3.24. The second-order valence-electron chi connectivity index (χ2n) is 8.24. The number of hydrogen-bond acceptors (Lipinski definition) is 6. The number of amides is 1. The van der Waals surface area contributed by atoms with Gasteiger partial charge in [0.1, 0.15) is 17.9 Å². The number of carbonyl (C=O) groups is 2. The van der Waals surface area contributed by atoms with Crippen molar-refractivity contribution in [2.45, 2.75) is 24.9 Å². The molecule has 0 bridgehead atoms. The van der Waals surface area contributed by atoms with Crippen LogP contribution in [0, 0.1) is 0 Å². The van der Waals surface area contributed by atoms with Crippen LogP contribution in [-0.4, -0.2) is 76.5 Å². The number of carboxylic acid groups (broad SMARTS) is 1. The predicted octanol–water partition coefficient (Wildman–Crippen LogP) is 3.63. The molecule has 0 radical (unpaired) electrons. The van der Waals surface area contributed by atoms with E-state index in [2.05, 4.69) is 11.1 Å². The van der Waals surface area contributed by atoms with E-state index in [1.165, 1.54) is 0 Å². The highest BCUT2D eigenvalue weighted by Crippen LogP contribution is 2.33. The molecular formula is C24H27F3N4O5. The molecule has 2 aromatic heterocycles. The number of benzene rings is 1. The van der Waals surface area contributed by atoms with E-state index < -0.39 is 12.1 Å². The van der Waals surface area contributed by atoms with Crippen LogP contribution in [0.3, 0.4) is 0 Å². The largest absolute Gasteiger partial charge is 0.497 e. The van der Waals surface area contributed by atoms with Gasteiger partial charge in [0.15, 0.2) is 0 Å². The topological polar surface area (TPSA) is 107 Å². The van der Waals surface area contributed by atoms with Crippen LogP contribution in [-0.2, 0) is 21.4 Å². The number of fused-ring (bicyclic) bond motifs is 1. The van der Waals surface area contributed by atoms with Crippen LogP contribution in [0.4, 0.5) is 13.2 Å². The number of aryl methyl sites for hydroxylation is 1. The number of hydrogen-bond donors (Lipinski definition) is 1.